The second-order valence-corrected chi connectivity index (χ2v) is 12.6. The minimum Gasteiger partial charge on any atom is -0.482 e. The molecule has 3 aliphatic rings. The molecule has 2 unspecified atom stereocenters. The third-order valence-corrected chi connectivity index (χ3v) is 9.84. The molecule has 2 aliphatic carbocycles. The summed E-state index contributed by atoms with van der Waals surface area (Å²) >= 11 is 0. The summed E-state index contributed by atoms with van der Waals surface area (Å²) < 4.78 is 29.5. The van der Waals surface area contributed by atoms with Crippen LogP contribution in [0.2, 0.25) is 0 Å². The van der Waals surface area contributed by atoms with E-state index in [1.807, 2.05) is 32.0 Å². The highest BCUT2D eigenvalue weighted by molar-refractivity contribution is 5.67. The summed E-state index contributed by atoms with van der Waals surface area (Å²) in [4.78, 5) is 49.9. The number of carbonyl (C=O) groups is 3. The lowest BCUT2D eigenvalue weighted by Crippen LogP contribution is -2.71. The van der Waals surface area contributed by atoms with E-state index in [-0.39, 0.29) is 36.0 Å². The summed E-state index contributed by atoms with van der Waals surface area (Å²) in [5.41, 5.74) is -2.90. The monoisotopic (exact) mass is 582 g/mol. The van der Waals surface area contributed by atoms with E-state index in [0.29, 0.717) is 18.4 Å². The maximum Gasteiger partial charge on any atom is 0.345 e. The van der Waals surface area contributed by atoms with Gasteiger partial charge in [0.15, 0.2) is 0 Å². The van der Waals surface area contributed by atoms with Gasteiger partial charge in [-0.1, -0.05) is 44.2 Å². The maximum absolute atomic E-state index is 13.4. The van der Waals surface area contributed by atoms with Crippen molar-refractivity contribution in [2.45, 2.75) is 84.7 Å². The third kappa shape index (κ3) is 4.79. The van der Waals surface area contributed by atoms with E-state index in [2.05, 4.69) is 0 Å². The number of ether oxygens (including phenoxy) is 4. The summed E-state index contributed by atoms with van der Waals surface area (Å²) in [6.07, 6.45) is -1.55. The lowest BCUT2D eigenvalue weighted by molar-refractivity contribution is -0.270. The Bertz CT molecular complexity index is 1450. The fourth-order valence-electron chi connectivity index (χ4n) is 8.13. The molecule has 0 radical (unpaired) electrons. The molecule has 0 amide bonds. The Hall–Kier alpha value is -3.66. The van der Waals surface area contributed by atoms with Crippen molar-refractivity contribution < 1.29 is 42.9 Å². The van der Waals surface area contributed by atoms with Gasteiger partial charge in [-0.25, -0.2) is 4.79 Å². The quantitative estimate of drug-likeness (QED) is 0.400. The van der Waals surface area contributed by atoms with Crippen molar-refractivity contribution in [3.63, 3.8) is 0 Å². The molecule has 2 heterocycles. The van der Waals surface area contributed by atoms with Gasteiger partial charge in [0.05, 0.1) is 6.10 Å². The first-order valence-electron chi connectivity index (χ1n) is 14.3. The SMILES string of the molecule is CC(=O)OC[C@@]1(C)C2C[C@H](OC(C)=O)[C@@]3(C)Oc4cc(-c5ccccc5)oc(=O)c4[C@H](O)C3[C@@]2(C)CC[C@@H]1OC(C)=O. The number of fused-ring (bicyclic) bond motifs is 4. The number of rotatable bonds is 5. The topological polar surface area (TPSA) is 139 Å². The number of hydrogen-bond acceptors (Lipinski definition) is 10. The molecular weight excluding hydrogens is 544 g/mol. The van der Waals surface area contributed by atoms with Crippen LogP contribution < -0.4 is 10.4 Å². The Morgan fingerprint density at radius 1 is 0.976 bits per heavy atom. The molecule has 1 aromatic carbocycles. The highest BCUT2D eigenvalue weighted by atomic mass is 16.6. The third-order valence-electron chi connectivity index (χ3n) is 9.84. The van der Waals surface area contributed by atoms with Crippen LogP contribution in [0.15, 0.2) is 45.6 Å². The zero-order valence-corrected chi connectivity index (χ0v) is 24.8. The molecule has 2 fully saturated rings. The van der Waals surface area contributed by atoms with Crippen LogP contribution >= 0.6 is 0 Å². The van der Waals surface area contributed by atoms with Crippen LogP contribution in [-0.4, -0.2) is 47.4 Å². The van der Waals surface area contributed by atoms with Gasteiger partial charge in [-0.15, -0.1) is 0 Å². The summed E-state index contributed by atoms with van der Waals surface area (Å²) in [6.45, 7) is 9.61. The van der Waals surface area contributed by atoms with Crippen LogP contribution in [0.1, 0.15) is 72.5 Å². The number of aliphatic hydroxyl groups excluding tert-OH is 1. The zero-order valence-electron chi connectivity index (χ0n) is 24.8. The van der Waals surface area contributed by atoms with Crippen molar-refractivity contribution in [2.75, 3.05) is 6.61 Å². The molecule has 2 saturated carbocycles. The normalized spacial score (nSPS) is 35.0. The number of esters is 3. The van der Waals surface area contributed by atoms with Gasteiger partial charge in [-0.3, -0.25) is 14.4 Å². The van der Waals surface area contributed by atoms with Crippen molar-refractivity contribution >= 4 is 17.9 Å². The summed E-state index contributed by atoms with van der Waals surface area (Å²) in [7, 11) is 0. The molecule has 0 spiro atoms. The minimum absolute atomic E-state index is 0.00408. The largest absolute Gasteiger partial charge is 0.482 e. The first kappa shape index (κ1) is 29.8. The molecule has 2 aromatic rings. The molecule has 42 heavy (non-hydrogen) atoms. The zero-order chi connectivity index (χ0) is 30.6. The molecule has 8 atom stereocenters. The maximum atomic E-state index is 13.4. The van der Waals surface area contributed by atoms with Crippen LogP contribution in [0.3, 0.4) is 0 Å². The van der Waals surface area contributed by atoms with Gasteiger partial charge < -0.3 is 28.5 Å². The molecule has 5 rings (SSSR count). The fourth-order valence-corrected chi connectivity index (χ4v) is 8.13. The number of hydrogen-bond donors (Lipinski definition) is 1. The van der Waals surface area contributed by atoms with Crippen molar-refractivity contribution in [2.24, 2.45) is 22.7 Å². The Balaban J connectivity index is 1.66. The molecule has 1 aromatic heterocycles. The van der Waals surface area contributed by atoms with Crippen LogP contribution in [-0.2, 0) is 28.6 Å². The van der Waals surface area contributed by atoms with Gasteiger partial charge in [0.2, 0.25) is 0 Å². The van der Waals surface area contributed by atoms with E-state index in [1.54, 1.807) is 25.1 Å². The van der Waals surface area contributed by atoms with E-state index in [4.69, 9.17) is 23.4 Å². The second kappa shape index (κ2) is 10.6. The lowest BCUT2D eigenvalue weighted by Gasteiger charge is -2.66. The number of aliphatic hydroxyl groups is 1. The molecule has 10 heteroatoms. The minimum atomic E-state index is -1.33. The first-order valence-corrected chi connectivity index (χ1v) is 14.3. The smallest absolute Gasteiger partial charge is 0.345 e. The van der Waals surface area contributed by atoms with Gasteiger partial charge in [0, 0.05) is 43.7 Å². The first-order chi connectivity index (χ1) is 19.7. The fraction of sp³-hybridized carbons (Fsp3) is 0.562. The van der Waals surface area contributed by atoms with E-state index < -0.39 is 64.2 Å². The summed E-state index contributed by atoms with van der Waals surface area (Å²) in [5, 5.41) is 12.1. The Morgan fingerprint density at radius 2 is 1.62 bits per heavy atom. The van der Waals surface area contributed by atoms with E-state index in [1.165, 1.54) is 20.8 Å². The van der Waals surface area contributed by atoms with Crippen molar-refractivity contribution in [1.82, 2.24) is 0 Å². The number of carbonyl (C=O) groups excluding carboxylic acids is 3. The van der Waals surface area contributed by atoms with Gasteiger partial charge >= 0.3 is 23.5 Å². The summed E-state index contributed by atoms with van der Waals surface area (Å²) in [6, 6.07) is 10.7. The van der Waals surface area contributed by atoms with Crippen molar-refractivity contribution in [3.8, 4) is 17.1 Å². The lowest BCUT2D eigenvalue weighted by atomic mass is 9.42. The molecule has 0 saturated heterocycles. The van der Waals surface area contributed by atoms with Gasteiger partial charge in [0.1, 0.15) is 41.5 Å². The molecular formula is C32H38O10. The van der Waals surface area contributed by atoms with E-state index >= 15 is 0 Å². The van der Waals surface area contributed by atoms with Crippen LogP contribution in [0, 0.1) is 22.7 Å². The summed E-state index contributed by atoms with van der Waals surface area (Å²) in [5.74, 6) is -2.12. The highest BCUT2D eigenvalue weighted by Gasteiger charge is 2.70. The average molecular weight is 583 g/mol. The predicted molar refractivity (Wildman–Crippen MR) is 149 cm³/mol. The Kier molecular flexibility index (Phi) is 7.50. The van der Waals surface area contributed by atoms with Gasteiger partial charge in [-0.2, -0.15) is 0 Å². The van der Waals surface area contributed by atoms with Crippen molar-refractivity contribution in [3.05, 3.63) is 52.4 Å². The molecule has 1 N–H and O–H groups in total. The average Bonchev–Trinajstić information content (AvgIpc) is 2.90. The van der Waals surface area contributed by atoms with Crippen LogP contribution in [0.25, 0.3) is 11.3 Å². The van der Waals surface area contributed by atoms with Gasteiger partial charge in [0.25, 0.3) is 0 Å². The number of benzene rings is 1. The van der Waals surface area contributed by atoms with Gasteiger partial charge in [-0.05, 0) is 37.5 Å². The van der Waals surface area contributed by atoms with E-state index in [9.17, 15) is 24.3 Å². The van der Waals surface area contributed by atoms with Crippen LogP contribution in [0.5, 0.6) is 5.75 Å². The standard InChI is InChI=1S/C32H38O10/c1-17(33)38-16-31(5)23-15-25(40-19(3)35)32(6)28(30(23,4)13-12-24(31)39-18(2)34)27(36)26-22(42-32)14-21(41-29(26)37)20-10-8-7-9-11-20/h7-11,14,23-25,27-28,36H,12-13,15-16H2,1-6H3/t23?,24-,25-,27-,28?,30-,31-,32+/m0/s1. The highest BCUT2D eigenvalue weighted by Crippen LogP contribution is 2.67. The Labute approximate surface area is 244 Å². The van der Waals surface area contributed by atoms with Crippen LogP contribution in [0.4, 0.5) is 0 Å². The molecule has 226 valence electrons. The molecule has 1 aliphatic heterocycles. The Morgan fingerprint density at radius 3 is 2.24 bits per heavy atom. The van der Waals surface area contributed by atoms with E-state index in [0.717, 1.165) is 0 Å². The molecule has 10 nitrogen and oxygen atoms in total. The predicted octanol–water partition coefficient (Wildman–Crippen LogP) is 4.36. The second-order valence-electron chi connectivity index (χ2n) is 12.6. The van der Waals surface area contributed by atoms with Crippen molar-refractivity contribution in [1.29, 1.82) is 0 Å². The molecule has 0 bridgehead atoms.